The minimum absolute atomic E-state index is 0.160. The average molecular weight is 493 g/mol. The van der Waals surface area contributed by atoms with Gasteiger partial charge in [-0.15, -0.1) is 0 Å². The number of amides is 1. The monoisotopic (exact) mass is 492 g/mol. The van der Waals surface area contributed by atoms with E-state index in [-0.39, 0.29) is 18.3 Å². The molecule has 2 aromatic carbocycles. The number of phenolic OH excluding ortho intramolecular Hbond substituents is 1. The molecule has 0 fully saturated rings. The summed E-state index contributed by atoms with van der Waals surface area (Å²) in [5, 5.41) is 12.4. The Labute approximate surface area is 203 Å². The zero-order valence-corrected chi connectivity index (χ0v) is 19.9. The summed E-state index contributed by atoms with van der Waals surface area (Å²) in [5.74, 6) is 0.332. The van der Waals surface area contributed by atoms with Crippen LogP contribution < -0.4 is 14.8 Å². The lowest BCUT2D eigenvalue weighted by molar-refractivity contribution is 0.102. The van der Waals surface area contributed by atoms with Gasteiger partial charge in [-0.3, -0.25) is 14.5 Å². The number of aryl methyl sites for hydroxylation is 1. The van der Waals surface area contributed by atoms with Gasteiger partial charge in [-0.1, -0.05) is 18.2 Å². The number of phenols is 1. The lowest BCUT2D eigenvalue weighted by Crippen LogP contribution is -2.12. The first kappa shape index (κ1) is 23.8. The molecule has 0 radical (unpaired) electrons. The minimum atomic E-state index is -3.43. The first-order valence-corrected chi connectivity index (χ1v) is 12.5. The summed E-state index contributed by atoms with van der Waals surface area (Å²) in [6.07, 6.45) is 4.38. The number of carbonyl (C=O) groups is 1. The third-order valence-corrected chi connectivity index (χ3v) is 5.62. The fourth-order valence-electron chi connectivity index (χ4n) is 3.51. The predicted octanol–water partition coefficient (Wildman–Crippen LogP) is 4.00. The number of aromatic hydroxyl groups is 1. The highest BCUT2D eigenvalue weighted by atomic mass is 32.2. The van der Waals surface area contributed by atoms with Crippen LogP contribution in [0.2, 0.25) is 0 Å². The predicted molar refractivity (Wildman–Crippen MR) is 134 cm³/mol. The van der Waals surface area contributed by atoms with Gasteiger partial charge in [-0.05, 0) is 54.1 Å². The van der Waals surface area contributed by atoms with E-state index < -0.39 is 10.0 Å². The number of nitrogens with one attached hydrogen (secondary N) is 2. The number of rotatable bonds is 8. The number of hydrogen-bond acceptors (Lipinski definition) is 6. The Hall–Kier alpha value is -4.31. The molecule has 0 aliphatic carbocycles. The first-order chi connectivity index (χ1) is 16.7. The molecule has 0 bridgehead atoms. The number of sulfonamides is 1. The topological polar surface area (TPSA) is 123 Å². The van der Waals surface area contributed by atoms with Crippen molar-refractivity contribution in [2.24, 2.45) is 7.05 Å². The molecule has 1 amide bonds. The quantitative estimate of drug-likeness (QED) is 0.342. The van der Waals surface area contributed by atoms with Crippen molar-refractivity contribution >= 4 is 27.3 Å². The Morgan fingerprint density at radius 2 is 1.83 bits per heavy atom. The number of hydrogen-bond donors (Lipinski definition) is 3. The smallest absolute Gasteiger partial charge is 0.257 e. The van der Waals surface area contributed by atoms with Gasteiger partial charge in [-0.25, -0.2) is 8.42 Å². The third kappa shape index (κ3) is 6.18. The zero-order valence-electron chi connectivity index (χ0n) is 19.1. The molecule has 2 aromatic heterocycles. The van der Waals surface area contributed by atoms with Crippen LogP contribution in [0.5, 0.6) is 11.5 Å². The van der Waals surface area contributed by atoms with Crippen molar-refractivity contribution in [2.75, 3.05) is 16.3 Å². The van der Waals surface area contributed by atoms with E-state index >= 15 is 0 Å². The second-order valence-electron chi connectivity index (χ2n) is 7.94. The fraction of sp³-hybridized carbons (Fsp3) is 0.120. The molecule has 4 rings (SSSR count). The molecule has 0 atom stereocenters. The van der Waals surface area contributed by atoms with Gasteiger partial charge in [0.05, 0.1) is 23.2 Å². The summed E-state index contributed by atoms with van der Waals surface area (Å²) in [6, 6.07) is 18.5. The number of anilines is 2. The Morgan fingerprint density at radius 3 is 2.60 bits per heavy atom. The second-order valence-corrected chi connectivity index (χ2v) is 9.69. The second kappa shape index (κ2) is 9.90. The van der Waals surface area contributed by atoms with E-state index in [0.717, 1.165) is 11.8 Å². The Morgan fingerprint density at radius 1 is 1.06 bits per heavy atom. The van der Waals surface area contributed by atoms with Crippen LogP contribution in [-0.4, -0.2) is 35.2 Å². The van der Waals surface area contributed by atoms with Crippen molar-refractivity contribution in [3.63, 3.8) is 0 Å². The van der Waals surface area contributed by atoms with Gasteiger partial charge in [0.2, 0.25) is 10.0 Å². The molecular formula is C25H24N4O5S. The van der Waals surface area contributed by atoms with Crippen molar-refractivity contribution in [2.45, 2.75) is 6.61 Å². The molecule has 0 spiro atoms. The van der Waals surface area contributed by atoms with Gasteiger partial charge < -0.3 is 19.7 Å². The third-order valence-electron chi connectivity index (χ3n) is 5.01. The molecule has 0 unspecified atom stereocenters. The number of nitrogens with zero attached hydrogens (tertiary/aromatic N) is 2. The largest absolute Gasteiger partial charge is 0.508 e. The molecule has 2 heterocycles. The van der Waals surface area contributed by atoms with E-state index in [1.165, 1.54) is 6.07 Å². The molecule has 0 aliphatic rings. The van der Waals surface area contributed by atoms with Crippen LogP contribution in [0.15, 0.2) is 79.1 Å². The van der Waals surface area contributed by atoms with Gasteiger partial charge >= 0.3 is 0 Å². The summed E-state index contributed by atoms with van der Waals surface area (Å²) in [5.41, 5.74) is 3.23. The van der Waals surface area contributed by atoms with Crippen LogP contribution in [0.4, 0.5) is 11.4 Å². The van der Waals surface area contributed by atoms with E-state index in [9.17, 15) is 18.3 Å². The number of carbonyl (C=O) groups excluding carboxylic acids is 1. The molecule has 0 aliphatic heterocycles. The standard InChI is InChI=1S/C25H24N4O5S/c1-29-15-18(25(31)27-19-7-4-8-20(14-19)28-35(2,32)33)13-22(29)24-23(10-5-11-26-24)34-16-17-6-3-9-21(30)12-17/h3-15,28,30H,16H2,1-2H3,(H,27,31). The van der Waals surface area contributed by atoms with Gasteiger partial charge in [0.1, 0.15) is 23.8 Å². The average Bonchev–Trinajstić information content (AvgIpc) is 3.19. The zero-order chi connectivity index (χ0) is 25.0. The molecule has 0 saturated heterocycles. The lowest BCUT2D eigenvalue weighted by Gasteiger charge is -2.11. The van der Waals surface area contributed by atoms with Crippen LogP contribution >= 0.6 is 0 Å². The van der Waals surface area contributed by atoms with Crippen molar-refractivity contribution < 1.29 is 23.1 Å². The molecule has 180 valence electrons. The summed E-state index contributed by atoms with van der Waals surface area (Å²) >= 11 is 0. The summed E-state index contributed by atoms with van der Waals surface area (Å²) in [6.45, 7) is 0.239. The maximum absolute atomic E-state index is 12.9. The van der Waals surface area contributed by atoms with Crippen molar-refractivity contribution in [3.05, 3.63) is 90.3 Å². The van der Waals surface area contributed by atoms with Gasteiger partial charge in [0.15, 0.2) is 0 Å². The maximum Gasteiger partial charge on any atom is 0.257 e. The molecule has 3 N–H and O–H groups in total. The van der Waals surface area contributed by atoms with E-state index in [0.29, 0.717) is 34.1 Å². The van der Waals surface area contributed by atoms with E-state index in [4.69, 9.17) is 4.74 Å². The highest BCUT2D eigenvalue weighted by molar-refractivity contribution is 7.92. The molecule has 9 nitrogen and oxygen atoms in total. The summed E-state index contributed by atoms with van der Waals surface area (Å²) in [7, 11) is -1.63. The highest BCUT2D eigenvalue weighted by Crippen LogP contribution is 2.30. The molecular weight excluding hydrogens is 468 g/mol. The normalized spacial score (nSPS) is 11.1. The van der Waals surface area contributed by atoms with Crippen LogP contribution in [0.25, 0.3) is 11.4 Å². The maximum atomic E-state index is 12.9. The molecule has 0 saturated carbocycles. The van der Waals surface area contributed by atoms with Crippen LogP contribution in [0.1, 0.15) is 15.9 Å². The first-order valence-electron chi connectivity index (χ1n) is 10.6. The van der Waals surface area contributed by atoms with Crippen molar-refractivity contribution in [1.29, 1.82) is 0 Å². The summed E-state index contributed by atoms with van der Waals surface area (Å²) < 4.78 is 33.1. The molecule has 35 heavy (non-hydrogen) atoms. The number of ether oxygens (including phenoxy) is 1. The Balaban J connectivity index is 1.53. The minimum Gasteiger partial charge on any atom is -0.508 e. The van der Waals surface area contributed by atoms with E-state index in [2.05, 4.69) is 15.0 Å². The molecule has 4 aromatic rings. The van der Waals surface area contributed by atoms with E-state index in [1.54, 1.807) is 78.6 Å². The Kier molecular flexibility index (Phi) is 6.74. The fourth-order valence-corrected chi connectivity index (χ4v) is 4.06. The van der Waals surface area contributed by atoms with Gasteiger partial charge in [0.25, 0.3) is 5.91 Å². The Bertz CT molecular complexity index is 1480. The summed E-state index contributed by atoms with van der Waals surface area (Å²) in [4.78, 5) is 17.3. The van der Waals surface area contributed by atoms with Crippen LogP contribution in [0.3, 0.4) is 0 Å². The number of aromatic nitrogens is 2. The molecule has 10 heteroatoms. The van der Waals surface area contributed by atoms with Gasteiger partial charge in [-0.2, -0.15) is 0 Å². The number of pyridine rings is 1. The van der Waals surface area contributed by atoms with E-state index in [1.807, 2.05) is 6.07 Å². The number of benzene rings is 2. The van der Waals surface area contributed by atoms with Crippen LogP contribution in [-0.2, 0) is 23.7 Å². The lowest BCUT2D eigenvalue weighted by atomic mass is 10.2. The van der Waals surface area contributed by atoms with Crippen molar-refractivity contribution in [3.8, 4) is 22.9 Å². The van der Waals surface area contributed by atoms with Gasteiger partial charge in [0, 0.05) is 25.1 Å². The van der Waals surface area contributed by atoms with Crippen molar-refractivity contribution in [1.82, 2.24) is 9.55 Å². The SMILES string of the molecule is Cn1cc(C(=O)Nc2cccc(NS(C)(=O)=O)c2)cc1-c1ncccc1OCc1cccc(O)c1. The van der Waals surface area contributed by atoms with Crippen LogP contribution in [0, 0.1) is 0 Å². The highest BCUT2D eigenvalue weighted by Gasteiger charge is 2.17.